The third-order valence-corrected chi connectivity index (χ3v) is 5.70. The normalized spacial score (nSPS) is 11.7. The minimum Gasteiger partial charge on any atom is -0.465 e. The number of carbonyl (C=O) groups is 1. The number of likely N-dealkylation sites (N-methyl/N-ethyl adjacent to an activating group) is 1. The maximum absolute atomic E-state index is 12.8. The van der Waals surface area contributed by atoms with E-state index in [2.05, 4.69) is 11.3 Å². The minimum absolute atomic E-state index is 0.208. The summed E-state index contributed by atoms with van der Waals surface area (Å²) in [4.78, 5) is 11.7. The molecular formula is C20H21NO4S. The molecule has 0 radical (unpaired) electrons. The lowest BCUT2D eigenvalue weighted by atomic mass is 10.1. The zero-order valence-electron chi connectivity index (χ0n) is 15.0. The van der Waals surface area contributed by atoms with E-state index in [0.29, 0.717) is 11.3 Å². The van der Waals surface area contributed by atoms with Gasteiger partial charge in [0.25, 0.3) is 10.0 Å². The van der Waals surface area contributed by atoms with Gasteiger partial charge >= 0.3 is 5.97 Å². The molecule has 2 rings (SSSR count). The van der Waals surface area contributed by atoms with Crippen LogP contribution >= 0.6 is 0 Å². The fourth-order valence-corrected chi connectivity index (χ4v) is 3.49. The van der Waals surface area contributed by atoms with Gasteiger partial charge in [0.1, 0.15) is 0 Å². The molecular weight excluding hydrogens is 350 g/mol. The molecule has 0 saturated heterocycles. The van der Waals surface area contributed by atoms with Crippen molar-refractivity contribution in [2.24, 2.45) is 0 Å². The Hall–Kier alpha value is -2.86. The second kappa shape index (κ2) is 8.01. The van der Waals surface area contributed by atoms with E-state index in [1.54, 1.807) is 54.6 Å². The number of esters is 1. The molecule has 2 aromatic carbocycles. The molecule has 0 saturated carbocycles. The second-order valence-corrected chi connectivity index (χ2v) is 7.64. The Morgan fingerprint density at radius 3 is 2.15 bits per heavy atom. The van der Waals surface area contributed by atoms with Crippen LogP contribution in [0.25, 0.3) is 6.08 Å². The van der Waals surface area contributed by atoms with Crippen molar-refractivity contribution in [3.8, 4) is 0 Å². The summed E-state index contributed by atoms with van der Waals surface area (Å²) >= 11 is 0. The Bertz CT molecular complexity index is 927. The molecule has 0 heterocycles. The number of benzene rings is 2. The van der Waals surface area contributed by atoms with E-state index in [9.17, 15) is 13.2 Å². The summed E-state index contributed by atoms with van der Waals surface area (Å²) in [7, 11) is -0.899. The number of aryl methyl sites for hydroxylation is 1. The summed E-state index contributed by atoms with van der Waals surface area (Å²) in [5.74, 6) is -0.427. The molecule has 5 nitrogen and oxygen atoms in total. The van der Waals surface area contributed by atoms with E-state index in [-0.39, 0.29) is 4.90 Å². The van der Waals surface area contributed by atoms with Crippen LogP contribution in [0, 0.1) is 6.92 Å². The Morgan fingerprint density at radius 2 is 1.65 bits per heavy atom. The largest absolute Gasteiger partial charge is 0.465 e. The Morgan fingerprint density at radius 1 is 1.08 bits per heavy atom. The molecule has 0 atom stereocenters. The highest BCUT2D eigenvalue weighted by atomic mass is 32.2. The third kappa shape index (κ3) is 4.21. The van der Waals surface area contributed by atoms with Crippen LogP contribution in [-0.2, 0) is 14.8 Å². The molecule has 6 heteroatoms. The lowest BCUT2D eigenvalue weighted by Gasteiger charge is -2.20. The molecule has 0 fully saturated rings. The van der Waals surface area contributed by atoms with Crippen molar-refractivity contribution in [1.29, 1.82) is 0 Å². The smallest absolute Gasteiger partial charge is 0.337 e. The van der Waals surface area contributed by atoms with Gasteiger partial charge in [0.2, 0.25) is 0 Å². The van der Waals surface area contributed by atoms with Gasteiger partial charge in [-0.2, -0.15) is 0 Å². The quantitative estimate of drug-likeness (QED) is 0.575. The third-order valence-electron chi connectivity index (χ3n) is 3.90. The highest BCUT2D eigenvalue weighted by molar-refractivity contribution is 7.89. The SMILES string of the molecule is C=C/C(=C\c1ccc(C(=O)OC)cc1)N(C)S(=O)(=O)c1ccc(C)cc1. The predicted molar refractivity (Wildman–Crippen MR) is 102 cm³/mol. The van der Waals surface area contributed by atoms with Crippen molar-refractivity contribution >= 4 is 22.1 Å². The number of nitrogens with zero attached hydrogens (tertiary/aromatic N) is 1. The molecule has 26 heavy (non-hydrogen) atoms. The Balaban J connectivity index is 2.34. The van der Waals surface area contributed by atoms with Crippen LogP contribution in [0.5, 0.6) is 0 Å². The van der Waals surface area contributed by atoms with Gasteiger partial charge < -0.3 is 4.74 Å². The molecule has 2 aromatic rings. The van der Waals surface area contributed by atoms with Gasteiger partial charge in [-0.15, -0.1) is 0 Å². The average Bonchev–Trinajstić information content (AvgIpc) is 2.65. The van der Waals surface area contributed by atoms with Crippen molar-refractivity contribution in [3.05, 3.63) is 83.6 Å². The number of allylic oxidation sites excluding steroid dienone is 1. The molecule has 0 aliphatic rings. The number of sulfonamides is 1. The number of rotatable bonds is 6. The van der Waals surface area contributed by atoms with Gasteiger partial charge in [0, 0.05) is 7.05 Å². The maximum Gasteiger partial charge on any atom is 0.337 e. The molecule has 0 aromatic heterocycles. The van der Waals surface area contributed by atoms with Crippen LogP contribution in [0.4, 0.5) is 0 Å². The zero-order chi connectivity index (χ0) is 19.3. The molecule has 0 bridgehead atoms. The lowest BCUT2D eigenvalue weighted by Crippen LogP contribution is -2.25. The summed E-state index contributed by atoms with van der Waals surface area (Å²) in [5.41, 5.74) is 2.55. The van der Waals surface area contributed by atoms with Crippen LogP contribution in [0.1, 0.15) is 21.5 Å². The number of hydrogen-bond acceptors (Lipinski definition) is 4. The van der Waals surface area contributed by atoms with Crippen LogP contribution in [0.2, 0.25) is 0 Å². The van der Waals surface area contributed by atoms with E-state index >= 15 is 0 Å². The fraction of sp³-hybridized carbons (Fsp3) is 0.150. The maximum atomic E-state index is 12.8. The van der Waals surface area contributed by atoms with E-state index in [1.165, 1.54) is 24.5 Å². The first-order chi connectivity index (χ1) is 12.3. The number of carbonyl (C=O) groups excluding carboxylic acids is 1. The standard InChI is InChI=1S/C20H21NO4S/c1-5-18(14-16-8-10-17(11-9-16)20(22)25-4)21(3)26(23,24)19-12-6-15(2)7-13-19/h5-14H,1H2,2-4H3/b18-14+. The van der Waals surface area contributed by atoms with Crippen molar-refractivity contribution in [2.45, 2.75) is 11.8 Å². The average molecular weight is 371 g/mol. The summed E-state index contributed by atoms with van der Waals surface area (Å²) in [6, 6.07) is 13.3. The first-order valence-electron chi connectivity index (χ1n) is 7.87. The molecule has 0 unspecified atom stereocenters. The summed E-state index contributed by atoms with van der Waals surface area (Å²) in [6.07, 6.45) is 3.15. The Kier molecular flexibility index (Phi) is 6.00. The number of methoxy groups -OCH3 is 1. The Labute approximate surface area is 154 Å². The van der Waals surface area contributed by atoms with Crippen molar-refractivity contribution in [3.63, 3.8) is 0 Å². The molecule has 0 spiro atoms. The summed E-state index contributed by atoms with van der Waals surface area (Å²) in [6.45, 7) is 5.61. The van der Waals surface area contributed by atoms with Crippen molar-refractivity contribution in [2.75, 3.05) is 14.2 Å². The highest BCUT2D eigenvalue weighted by Gasteiger charge is 2.21. The predicted octanol–water partition coefficient (Wildman–Crippen LogP) is 3.63. The van der Waals surface area contributed by atoms with Gasteiger partial charge in [-0.3, -0.25) is 4.31 Å². The monoisotopic (exact) mass is 371 g/mol. The van der Waals surface area contributed by atoms with E-state index in [1.807, 2.05) is 6.92 Å². The van der Waals surface area contributed by atoms with E-state index in [0.717, 1.165) is 11.1 Å². The van der Waals surface area contributed by atoms with E-state index in [4.69, 9.17) is 0 Å². The van der Waals surface area contributed by atoms with Crippen LogP contribution < -0.4 is 0 Å². The van der Waals surface area contributed by atoms with Crippen molar-refractivity contribution in [1.82, 2.24) is 4.31 Å². The highest BCUT2D eigenvalue weighted by Crippen LogP contribution is 2.21. The van der Waals surface area contributed by atoms with Crippen molar-refractivity contribution < 1.29 is 17.9 Å². The topological polar surface area (TPSA) is 63.7 Å². The van der Waals surface area contributed by atoms with Gasteiger partial charge in [0.15, 0.2) is 0 Å². The minimum atomic E-state index is -3.69. The lowest BCUT2D eigenvalue weighted by molar-refractivity contribution is 0.0600. The van der Waals surface area contributed by atoms with Gasteiger partial charge in [0.05, 0.1) is 23.3 Å². The van der Waals surface area contributed by atoms with Crippen LogP contribution in [0.3, 0.4) is 0 Å². The molecule has 0 aliphatic carbocycles. The molecule has 0 amide bonds. The first-order valence-corrected chi connectivity index (χ1v) is 9.31. The van der Waals surface area contributed by atoms with Gasteiger partial charge in [-0.25, -0.2) is 13.2 Å². The molecule has 0 N–H and O–H groups in total. The van der Waals surface area contributed by atoms with E-state index < -0.39 is 16.0 Å². The molecule has 0 aliphatic heterocycles. The van der Waals surface area contributed by atoms with Crippen LogP contribution in [-0.4, -0.2) is 32.8 Å². The van der Waals surface area contributed by atoms with Crippen LogP contribution in [0.15, 0.2) is 71.8 Å². The fourth-order valence-electron chi connectivity index (χ4n) is 2.29. The number of hydrogen-bond donors (Lipinski definition) is 0. The van der Waals surface area contributed by atoms with Gasteiger partial charge in [-0.05, 0) is 48.9 Å². The second-order valence-electron chi connectivity index (χ2n) is 5.67. The van der Waals surface area contributed by atoms with Gasteiger partial charge in [-0.1, -0.05) is 36.4 Å². The molecule has 136 valence electrons. The summed E-state index contributed by atoms with van der Waals surface area (Å²) < 4.78 is 31.4. The number of ether oxygens (including phenoxy) is 1. The zero-order valence-corrected chi connectivity index (χ0v) is 15.8. The first kappa shape index (κ1) is 19.5. The summed E-state index contributed by atoms with van der Waals surface area (Å²) in [5, 5.41) is 0.